The maximum Gasteiger partial charge on any atom is 0.273 e. The topological polar surface area (TPSA) is 59.9 Å². The standard InChI is InChI=1S/C21H22N2O3S/c1-22-21(24)20(23-25-2)18-10-3-4-11-19(18)26-17-9-7-8-16(14-17)15-27-12-5-6-13-27/h3-14,27H,15H2,1-2H3,(H,22,24). The number of carbonyl (C=O) groups is 1. The first-order valence-corrected chi connectivity index (χ1v) is 10.2. The Morgan fingerprint density at radius 1 is 1.11 bits per heavy atom. The van der Waals surface area contributed by atoms with Crippen LogP contribution in [0.4, 0.5) is 0 Å². The lowest BCUT2D eigenvalue weighted by Gasteiger charge is -2.14. The zero-order chi connectivity index (χ0) is 19.1. The van der Waals surface area contributed by atoms with E-state index in [4.69, 9.17) is 9.57 Å². The van der Waals surface area contributed by atoms with Crippen LogP contribution in [0.2, 0.25) is 0 Å². The number of hydrogen-bond donors (Lipinski definition) is 2. The maximum atomic E-state index is 12.2. The lowest BCUT2D eigenvalue weighted by atomic mass is 10.1. The molecule has 0 aromatic heterocycles. The van der Waals surface area contributed by atoms with Gasteiger partial charge in [0.25, 0.3) is 5.91 Å². The fourth-order valence-electron chi connectivity index (χ4n) is 2.69. The molecule has 1 N–H and O–H groups in total. The largest absolute Gasteiger partial charge is 0.457 e. The van der Waals surface area contributed by atoms with Gasteiger partial charge in [-0.05, 0) is 40.6 Å². The zero-order valence-corrected chi connectivity index (χ0v) is 16.1. The van der Waals surface area contributed by atoms with Crippen LogP contribution < -0.4 is 10.1 Å². The fraction of sp³-hybridized carbons (Fsp3) is 0.143. The van der Waals surface area contributed by atoms with Gasteiger partial charge in [-0.15, -0.1) is 0 Å². The number of likely N-dealkylation sites (N-methyl/N-ethyl adjacent to an activating group) is 1. The summed E-state index contributed by atoms with van der Waals surface area (Å²) >= 11 is 0. The van der Waals surface area contributed by atoms with E-state index in [1.165, 1.54) is 12.7 Å². The first kappa shape index (κ1) is 18.8. The molecule has 0 bridgehead atoms. The summed E-state index contributed by atoms with van der Waals surface area (Å²) in [6.07, 6.45) is 4.19. The molecular formula is C21H22N2O3S. The second-order valence-electron chi connectivity index (χ2n) is 5.80. The predicted molar refractivity (Wildman–Crippen MR) is 112 cm³/mol. The summed E-state index contributed by atoms with van der Waals surface area (Å²) < 4.78 is 6.09. The number of para-hydroxylation sites is 1. The highest BCUT2D eigenvalue weighted by Crippen LogP contribution is 2.37. The SMILES string of the molecule is CNC(=O)C(=NOC)c1ccccc1Oc1cccc(C[SH]2C=CC=C2)c1. The summed E-state index contributed by atoms with van der Waals surface area (Å²) in [5, 5.41) is 10.9. The lowest BCUT2D eigenvalue weighted by molar-refractivity contribution is -0.114. The Morgan fingerprint density at radius 3 is 2.63 bits per heavy atom. The van der Waals surface area contributed by atoms with Gasteiger partial charge in [0.15, 0.2) is 5.71 Å². The summed E-state index contributed by atoms with van der Waals surface area (Å²) in [6.45, 7) is 0. The number of hydrogen-bond acceptors (Lipinski definition) is 4. The number of thiol groups is 1. The smallest absolute Gasteiger partial charge is 0.273 e. The van der Waals surface area contributed by atoms with Gasteiger partial charge in [-0.2, -0.15) is 0 Å². The first-order valence-electron chi connectivity index (χ1n) is 8.51. The van der Waals surface area contributed by atoms with Crippen LogP contribution in [0.3, 0.4) is 0 Å². The monoisotopic (exact) mass is 382 g/mol. The van der Waals surface area contributed by atoms with Gasteiger partial charge < -0.3 is 14.9 Å². The molecule has 2 aromatic rings. The number of ether oxygens (including phenoxy) is 1. The van der Waals surface area contributed by atoms with E-state index < -0.39 is 0 Å². The second kappa shape index (κ2) is 9.09. The molecular weight excluding hydrogens is 360 g/mol. The van der Waals surface area contributed by atoms with Crippen molar-refractivity contribution in [2.75, 3.05) is 14.2 Å². The molecule has 1 amide bonds. The van der Waals surface area contributed by atoms with E-state index in [0.29, 0.717) is 11.3 Å². The summed E-state index contributed by atoms with van der Waals surface area (Å²) in [7, 11) is 2.73. The number of benzene rings is 2. The molecule has 0 unspecified atom stereocenters. The minimum absolute atomic E-state index is 0.163. The van der Waals surface area contributed by atoms with Crippen LogP contribution in [0, 0.1) is 0 Å². The first-order chi connectivity index (χ1) is 13.2. The Balaban J connectivity index is 1.86. The molecule has 6 heteroatoms. The van der Waals surface area contributed by atoms with Crippen molar-refractivity contribution in [3.8, 4) is 11.5 Å². The third-order valence-corrected chi connectivity index (χ3v) is 5.76. The predicted octanol–water partition coefficient (Wildman–Crippen LogP) is 4.12. The Labute approximate surface area is 161 Å². The highest BCUT2D eigenvalue weighted by molar-refractivity contribution is 8.21. The van der Waals surface area contributed by atoms with Gasteiger partial charge in [0, 0.05) is 12.8 Å². The number of oxime groups is 1. The van der Waals surface area contributed by atoms with Crippen molar-refractivity contribution >= 4 is 22.5 Å². The fourth-order valence-corrected chi connectivity index (χ4v) is 4.26. The Hall–Kier alpha value is -2.99. The highest BCUT2D eigenvalue weighted by atomic mass is 32.2. The van der Waals surface area contributed by atoms with Crippen molar-refractivity contribution in [3.05, 3.63) is 82.6 Å². The number of carbonyl (C=O) groups excluding carboxylic acids is 1. The minimum atomic E-state index is -0.343. The summed E-state index contributed by atoms with van der Waals surface area (Å²) in [6, 6.07) is 15.3. The van der Waals surface area contributed by atoms with E-state index in [1.54, 1.807) is 13.1 Å². The third kappa shape index (κ3) is 4.80. The molecule has 140 valence electrons. The van der Waals surface area contributed by atoms with Gasteiger partial charge in [-0.1, -0.05) is 41.6 Å². The maximum absolute atomic E-state index is 12.2. The summed E-state index contributed by atoms with van der Waals surface area (Å²) in [5.74, 6) is 1.90. The van der Waals surface area contributed by atoms with Crippen molar-refractivity contribution in [1.82, 2.24) is 5.32 Å². The zero-order valence-electron chi connectivity index (χ0n) is 15.3. The van der Waals surface area contributed by atoms with Gasteiger partial charge in [-0.25, -0.2) is 10.9 Å². The average Bonchev–Trinajstić information content (AvgIpc) is 3.19. The quantitative estimate of drug-likeness (QED) is 0.430. The molecule has 2 aromatic carbocycles. The van der Waals surface area contributed by atoms with Gasteiger partial charge >= 0.3 is 0 Å². The van der Waals surface area contributed by atoms with E-state index in [2.05, 4.69) is 39.5 Å². The average molecular weight is 382 g/mol. The molecule has 1 aliphatic heterocycles. The molecule has 0 saturated carbocycles. The Morgan fingerprint density at radius 2 is 1.89 bits per heavy atom. The Kier molecular flexibility index (Phi) is 6.33. The number of rotatable bonds is 7. The lowest BCUT2D eigenvalue weighted by Crippen LogP contribution is -2.28. The van der Waals surface area contributed by atoms with E-state index in [-0.39, 0.29) is 22.5 Å². The van der Waals surface area contributed by atoms with E-state index in [0.717, 1.165) is 11.5 Å². The van der Waals surface area contributed by atoms with Gasteiger partial charge in [-0.3, -0.25) is 4.79 Å². The van der Waals surface area contributed by atoms with Crippen molar-refractivity contribution in [1.29, 1.82) is 0 Å². The van der Waals surface area contributed by atoms with Crippen molar-refractivity contribution in [3.63, 3.8) is 0 Å². The normalized spacial score (nSPS) is 14.3. The van der Waals surface area contributed by atoms with Crippen LogP contribution in [-0.4, -0.2) is 25.8 Å². The molecule has 5 nitrogen and oxygen atoms in total. The number of nitrogens with one attached hydrogen (secondary N) is 1. The number of nitrogens with zero attached hydrogens (tertiary/aromatic N) is 1. The van der Waals surface area contributed by atoms with Crippen LogP contribution in [-0.2, 0) is 15.4 Å². The van der Waals surface area contributed by atoms with E-state index in [1.807, 2.05) is 36.4 Å². The van der Waals surface area contributed by atoms with Crippen LogP contribution in [0.15, 0.2) is 76.7 Å². The minimum Gasteiger partial charge on any atom is -0.457 e. The molecule has 3 rings (SSSR count). The number of allylic oxidation sites excluding steroid dienone is 2. The van der Waals surface area contributed by atoms with Crippen molar-refractivity contribution in [2.45, 2.75) is 5.75 Å². The third-order valence-electron chi connectivity index (χ3n) is 3.92. The number of amides is 1. The highest BCUT2D eigenvalue weighted by Gasteiger charge is 2.18. The van der Waals surface area contributed by atoms with Gasteiger partial charge in [0.2, 0.25) is 0 Å². The molecule has 1 heterocycles. The van der Waals surface area contributed by atoms with E-state index >= 15 is 0 Å². The van der Waals surface area contributed by atoms with Gasteiger partial charge in [0.1, 0.15) is 18.6 Å². The molecule has 0 fully saturated rings. The van der Waals surface area contributed by atoms with E-state index in [9.17, 15) is 4.79 Å². The molecule has 27 heavy (non-hydrogen) atoms. The molecule has 0 saturated heterocycles. The van der Waals surface area contributed by atoms with Crippen molar-refractivity contribution in [2.24, 2.45) is 5.16 Å². The van der Waals surface area contributed by atoms with Crippen LogP contribution >= 0.6 is 10.9 Å². The molecule has 0 atom stereocenters. The molecule has 0 aliphatic carbocycles. The summed E-state index contributed by atoms with van der Waals surface area (Å²) in [4.78, 5) is 17.0. The van der Waals surface area contributed by atoms with Crippen LogP contribution in [0.5, 0.6) is 11.5 Å². The Bertz CT molecular complexity index is 894. The molecule has 0 spiro atoms. The molecule has 0 radical (unpaired) electrons. The second-order valence-corrected chi connectivity index (χ2v) is 7.74. The molecule has 1 aliphatic rings. The summed E-state index contributed by atoms with van der Waals surface area (Å²) in [5.41, 5.74) is 1.94. The van der Waals surface area contributed by atoms with Crippen LogP contribution in [0.1, 0.15) is 11.1 Å². The van der Waals surface area contributed by atoms with Crippen molar-refractivity contribution < 1.29 is 14.4 Å². The van der Waals surface area contributed by atoms with Crippen LogP contribution in [0.25, 0.3) is 0 Å². The van der Waals surface area contributed by atoms with Gasteiger partial charge in [0.05, 0.1) is 5.56 Å².